The van der Waals surface area contributed by atoms with Crippen molar-refractivity contribution < 1.29 is 18.8 Å². The van der Waals surface area contributed by atoms with Gasteiger partial charge in [-0.3, -0.25) is 4.79 Å². The lowest BCUT2D eigenvalue weighted by Crippen LogP contribution is -2.21. The molecule has 2 heterocycles. The first kappa shape index (κ1) is 20.9. The number of hydrogen-bond acceptors (Lipinski definition) is 7. The summed E-state index contributed by atoms with van der Waals surface area (Å²) in [5, 5.41) is 7.63. The van der Waals surface area contributed by atoms with Crippen molar-refractivity contribution in [3.63, 3.8) is 0 Å². The predicted molar refractivity (Wildman–Crippen MR) is 110 cm³/mol. The molecule has 3 aromatic rings. The van der Waals surface area contributed by atoms with Crippen molar-refractivity contribution in [3.05, 3.63) is 70.2 Å². The summed E-state index contributed by atoms with van der Waals surface area (Å²) in [4.78, 5) is 28.8. The Balaban J connectivity index is 1.59. The highest BCUT2D eigenvalue weighted by molar-refractivity contribution is 7.98. The average Bonchev–Trinajstić information content (AvgIpc) is 3.13. The maximum atomic E-state index is 12.4. The zero-order valence-corrected chi connectivity index (χ0v) is 17.3. The number of nitrogens with one attached hydrogen (secondary N) is 1. The number of hydrogen-bond donors (Lipinski definition) is 1. The number of anilines is 1. The molecule has 0 fully saturated rings. The lowest BCUT2D eigenvalue weighted by molar-refractivity contribution is -0.119. The molecule has 3 rings (SSSR count). The van der Waals surface area contributed by atoms with E-state index in [2.05, 4.69) is 15.5 Å². The second kappa shape index (κ2) is 9.58. The number of aromatic nitrogens is 2. The normalized spacial score (nSPS) is 10.6. The standard InChI is InChI=1S/C20H18ClN3O4S/c1-12-9-14(24-28-12)11-29-19-15(5-4-8-22-19)20(26)27-10-18(25)23-17-7-3-6-16(21)13(17)2/h3-9H,10-11H2,1-2H3,(H,23,25). The second-order valence-electron chi connectivity index (χ2n) is 6.11. The molecule has 0 saturated carbocycles. The van der Waals surface area contributed by atoms with Crippen LogP contribution in [-0.4, -0.2) is 28.6 Å². The Labute approximate surface area is 176 Å². The first-order valence-corrected chi connectivity index (χ1v) is 10.0. The highest BCUT2D eigenvalue weighted by Crippen LogP contribution is 2.25. The molecule has 29 heavy (non-hydrogen) atoms. The number of benzene rings is 1. The number of amides is 1. The topological polar surface area (TPSA) is 94.3 Å². The number of rotatable bonds is 7. The molecule has 0 saturated heterocycles. The Kier molecular flexibility index (Phi) is 6.90. The smallest absolute Gasteiger partial charge is 0.341 e. The van der Waals surface area contributed by atoms with E-state index in [4.69, 9.17) is 20.9 Å². The Morgan fingerprint density at radius 2 is 2.07 bits per heavy atom. The molecular formula is C20H18ClN3O4S. The zero-order valence-electron chi connectivity index (χ0n) is 15.8. The fourth-order valence-electron chi connectivity index (χ4n) is 2.43. The summed E-state index contributed by atoms with van der Waals surface area (Å²) in [7, 11) is 0. The van der Waals surface area contributed by atoms with Crippen molar-refractivity contribution in [2.45, 2.75) is 24.6 Å². The monoisotopic (exact) mass is 431 g/mol. The average molecular weight is 432 g/mol. The van der Waals surface area contributed by atoms with Crippen LogP contribution in [0.5, 0.6) is 0 Å². The number of nitrogens with zero attached hydrogens (tertiary/aromatic N) is 2. The highest BCUT2D eigenvalue weighted by atomic mass is 35.5. The first-order valence-electron chi connectivity index (χ1n) is 8.66. The van der Waals surface area contributed by atoms with Crippen LogP contribution in [0.4, 0.5) is 5.69 Å². The molecule has 0 atom stereocenters. The predicted octanol–water partition coefficient (Wildman–Crippen LogP) is 4.43. The summed E-state index contributed by atoms with van der Waals surface area (Å²) in [6.45, 7) is 3.17. The molecule has 0 bridgehead atoms. The van der Waals surface area contributed by atoms with Crippen molar-refractivity contribution in [3.8, 4) is 0 Å². The van der Waals surface area contributed by atoms with Gasteiger partial charge in [0.15, 0.2) is 6.61 Å². The minimum atomic E-state index is -0.630. The molecule has 150 valence electrons. The maximum Gasteiger partial charge on any atom is 0.341 e. The van der Waals surface area contributed by atoms with Crippen LogP contribution >= 0.6 is 23.4 Å². The molecule has 0 radical (unpaired) electrons. The number of halogens is 1. The summed E-state index contributed by atoms with van der Waals surface area (Å²) in [5.74, 6) is 0.111. The molecule has 1 amide bonds. The minimum absolute atomic E-state index is 0.282. The number of carbonyl (C=O) groups is 2. The van der Waals surface area contributed by atoms with Gasteiger partial charge < -0.3 is 14.6 Å². The van der Waals surface area contributed by atoms with Gasteiger partial charge in [0.2, 0.25) is 0 Å². The fourth-order valence-corrected chi connectivity index (χ4v) is 3.46. The van der Waals surface area contributed by atoms with Crippen LogP contribution in [0.25, 0.3) is 0 Å². The summed E-state index contributed by atoms with van der Waals surface area (Å²) in [6.07, 6.45) is 1.59. The van der Waals surface area contributed by atoms with Crippen LogP contribution in [0.15, 0.2) is 52.1 Å². The van der Waals surface area contributed by atoms with Crippen molar-refractivity contribution >= 4 is 40.9 Å². The van der Waals surface area contributed by atoms with E-state index in [-0.39, 0.29) is 5.56 Å². The van der Waals surface area contributed by atoms with E-state index in [0.29, 0.717) is 27.2 Å². The van der Waals surface area contributed by atoms with Gasteiger partial charge >= 0.3 is 5.97 Å². The van der Waals surface area contributed by atoms with Crippen molar-refractivity contribution in [2.75, 3.05) is 11.9 Å². The zero-order chi connectivity index (χ0) is 20.8. The number of carbonyl (C=O) groups excluding carboxylic acids is 2. The van der Waals surface area contributed by atoms with E-state index in [1.54, 1.807) is 50.4 Å². The van der Waals surface area contributed by atoms with E-state index in [9.17, 15) is 9.59 Å². The number of ether oxygens (including phenoxy) is 1. The summed E-state index contributed by atoms with van der Waals surface area (Å²) in [5.41, 5.74) is 2.33. The SMILES string of the molecule is Cc1cc(CSc2ncccc2C(=O)OCC(=O)Nc2cccc(Cl)c2C)no1. The van der Waals surface area contributed by atoms with Crippen LogP contribution < -0.4 is 5.32 Å². The van der Waals surface area contributed by atoms with E-state index < -0.39 is 18.5 Å². The van der Waals surface area contributed by atoms with Crippen LogP contribution in [0, 0.1) is 13.8 Å². The van der Waals surface area contributed by atoms with E-state index in [1.807, 2.05) is 6.07 Å². The van der Waals surface area contributed by atoms with Gasteiger partial charge in [-0.15, -0.1) is 0 Å². The second-order valence-corrected chi connectivity index (χ2v) is 7.48. The number of thioether (sulfide) groups is 1. The summed E-state index contributed by atoms with van der Waals surface area (Å²) >= 11 is 7.37. The molecule has 2 aromatic heterocycles. The lowest BCUT2D eigenvalue weighted by Gasteiger charge is -2.10. The van der Waals surface area contributed by atoms with Gasteiger partial charge in [-0.25, -0.2) is 9.78 Å². The fraction of sp³-hybridized carbons (Fsp3) is 0.200. The third-order valence-corrected chi connectivity index (χ3v) is 5.35. The van der Waals surface area contributed by atoms with Crippen molar-refractivity contribution in [1.29, 1.82) is 0 Å². The van der Waals surface area contributed by atoms with Gasteiger partial charge in [0, 0.05) is 28.7 Å². The van der Waals surface area contributed by atoms with Gasteiger partial charge in [0.05, 0.1) is 11.3 Å². The molecule has 0 aliphatic rings. The van der Waals surface area contributed by atoms with E-state index in [1.165, 1.54) is 11.8 Å². The molecule has 9 heteroatoms. The van der Waals surface area contributed by atoms with Gasteiger partial charge in [-0.2, -0.15) is 0 Å². The molecular weight excluding hydrogens is 414 g/mol. The molecule has 0 aliphatic carbocycles. The quantitative estimate of drug-likeness (QED) is 0.436. The van der Waals surface area contributed by atoms with Crippen LogP contribution in [0.1, 0.15) is 27.4 Å². The Morgan fingerprint density at radius 3 is 2.83 bits per heavy atom. The number of pyridine rings is 1. The third kappa shape index (κ3) is 5.58. The summed E-state index contributed by atoms with van der Waals surface area (Å²) < 4.78 is 10.2. The third-order valence-electron chi connectivity index (χ3n) is 3.90. The Bertz CT molecular complexity index is 1040. The van der Waals surface area contributed by atoms with Crippen LogP contribution in [0.2, 0.25) is 5.02 Å². The molecule has 0 spiro atoms. The van der Waals surface area contributed by atoms with E-state index >= 15 is 0 Å². The maximum absolute atomic E-state index is 12.4. The van der Waals surface area contributed by atoms with Gasteiger partial charge in [0.1, 0.15) is 10.8 Å². The van der Waals surface area contributed by atoms with Crippen molar-refractivity contribution in [2.24, 2.45) is 0 Å². The summed E-state index contributed by atoms with van der Waals surface area (Å²) in [6, 6.07) is 10.2. The van der Waals surface area contributed by atoms with Crippen LogP contribution in [0.3, 0.4) is 0 Å². The molecule has 0 aliphatic heterocycles. The highest BCUT2D eigenvalue weighted by Gasteiger charge is 2.17. The number of esters is 1. The molecule has 0 unspecified atom stereocenters. The largest absolute Gasteiger partial charge is 0.452 e. The van der Waals surface area contributed by atoms with Gasteiger partial charge in [-0.05, 0) is 43.7 Å². The van der Waals surface area contributed by atoms with Gasteiger partial charge in [-0.1, -0.05) is 34.6 Å². The van der Waals surface area contributed by atoms with Crippen molar-refractivity contribution in [1.82, 2.24) is 10.1 Å². The molecule has 1 N–H and O–H groups in total. The first-order chi connectivity index (χ1) is 13.9. The van der Waals surface area contributed by atoms with Crippen LogP contribution in [-0.2, 0) is 15.3 Å². The lowest BCUT2D eigenvalue weighted by atomic mass is 10.2. The molecule has 7 nitrogen and oxygen atoms in total. The Hall–Kier alpha value is -2.84. The molecule has 1 aromatic carbocycles. The van der Waals surface area contributed by atoms with E-state index in [0.717, 1.165) is 11.3 Å². The number of aryl methyl sites for hydroxylation is 1. The Morgan fingerprint density at radius 1 is 1.24 bits per heavy atom. The minimum Gasteiger partial charge on any atom is -0.452 e. The van der Waals surface area contributed by atoms with Gasteiger partial charge in [0.25, 0.3) is 5.91 Å².